The first-order valence-electron chi connectivity index (χ1n) is 7.42. The Hall–Kier alpha value is -1.76. The Morgan fingerprint density at radius 3 is 2.64 bits per heavy atom. The molecule has 1 aromatic rings. The summed E-state index contributed by atoms with van der Waals surface area (Å²) >= 11 is 0. The van der Waals surface area contributed by atoms with Crippen molar-refractivity contribution in [2.75, 3.05) is 29.6 Å². The van der Waals surface area contributed by atoms with Gasteiger partial charge in [-0.25, -0.2) is 8.42 Å². The van der Waals surface area contributed by atoms with E-state index in [4.69, 9.17) is 9.47 Å². The van der Waals surface area contributed by atoms with Crippen LogP contribution >= 0.6 is 0 Å². The summed E-state index contributed by atoms with van der Waals surface area (Å²) in [5.41, 5.74) is 0.665. The summed E-state index contributed by atoms with van der Waals surface area (Å²) in [7, 11) is -3.06. The Morgan fingerprint density at radius 2 is 2.00 bits per heavy atom. The van der Waals surface area contributed by atoms with Crippen molar-refractivity contribution in [1.29, 1.82) is 0 Å². The maximum absolute atomic E-state index is 12.3. The fraction of sp³-hybridized carbons (Fsp3) is 0.533. The van der Waals surface area contributed by atoms with Gasteiger partial charge in [0, 0.05) is 18.2 Å². The molecular formula is C15H19NO5S. The Morgan fingerprint density at radius 1 is 1.27 bits per heavy atom. The highest BCUT2D eigenvalue weighted by atomic mass is 32.2. The number of hydrogen-bond donors (Lipinski definition) is 0. The maximum Gasteiger partial charge on any atom is 0.226 e. The number of hydrogen-bond acceptors (Lipinski definition) is 5. The van der Waals surface area contributed by atoms with E-state index >= 15 is 0 Å². The molecule has 0 saturated carbocycles. The molecule has 1 atom stereocenters. The average Bonchev–Trinajstić information content (AvgIpc) is 2.87. The van der Waals surface area contributed by atoms with E-state index < -0.39 is 9.84 Å². The third kappa shape index (κ3) is 2.90. The SMILES string of the molecule is CCC(=O)N(c1ccc2c(c1)OCCO2)C1CCS(=O)(=O)C1. The molecule has 0 aliphatic carbocycles. The van der Waals surface area contributed by atoms with Crippen LogP contribution in [-0.4, -0.2) is 45.1 Å². The highest BCUT2D eigenvalue weighted by Crippen LogP contribution is 2.36. The maximum atomic E-state index is 12.3. The lowest BCUT2D eigenvalue weighted by Gasteiger charge is -2.29. The molecule has 2 aliphatic heterocycles. The smallest absolute Gasteiger partial charge is 0.226 e. The van der Waals surface area contributed by atoms with Gasteiger partial charge >= 0.3 is 0 Å². The number of anilines is 1. The van der Waals surface area contributed by atoms with Gasteiger partial charge in [-0.3, -0.25) is 4.79 Å². The van der Waals surface area contributed by atoms with E-state index in [1.165, 1.54) is 0 Å². The summed E-state index contributed by atoms with van der Waals surface area (Å²) in [6, 6.07) is 5.00. The summed E-state index contributed by atoms with van der Waals surface area (Å²) in [5, 5.41) is 0. The molecule has 3 rings (SSSR count). The zero-order chi connectivity index (χ0) is 15.7. The van der Waals surface area contributed by atoms with Crippen molar-refractivity contribution >= 4 is 21.4 Å². The van der Waals surface area contributed by atoms with Crippen LogP contribution in [0.4, 0.5) is 5.69 Å². The van der Waals surface area contributed by atoms with E-state index in [0.29, 0.717) is 43.2 Å². The summed E-state index contributed by atoms with van der Waals surface area (Å²) < 4.78 is 34.5. The van der Waals surface area contributed by atoms with Crippen molar-refractivity contribution in [1.82, 2.24) is 0 Å². The lowest BCUT2D eigenvalue weighted by atomic mass is 10.1. The molecule has 7 heteroatoms. The fourth-order valence-electron chi connectivity index (χ4n) is 2.89. The minimum atomic E-state index is -3.06. The Kier molecular flexibility index (Phi) is 3.99. The fourth-order valence-corrected chi connectivity index (χ4v) is 4.59. The Labute approximate surface area is 129 Å². The van der Waals surface area contributed by atoms with Gasteiger partial charge in [-0.15, -0.1) is 0 Å². The van der Waals surface area contributed by atoms with Crippen molar-refractivity contribution in [3.05, 3.63) is 18.2 Å². The molecular weight excluding hydrogens is 306 g/mol. The van der Waals surface area contributed by atoms with Gasteiger partial charge in [0.25, 0.3) is 0 Å². The van der Waals surface area contributed by atoms with E-state index in [0.717, 1.165) is 0 Å². The third-order valence-corrected chi connectivity index (χ3v) is 5.70. The number of rotatable bonds is 3. The summed E-state index contributed by atoms with van der Waals surface area (Å²) in [6.07, 6.45) is 0.799. The molecule has 0 spiro atoms. The molecule has 2 heterocycles. The van der Waals surface area contributed by atoms with Gasteiger partial charge in [-0.2, -0.15) is 0 Å². The number of benzene rings is 1. The molecule has 1 amide bonds. The van der Waals surface area contributed by atoms with E-state index in [1.807, 2.05) is 0 Å². The monoisotopic (exact) mass is 325 g/mol. The standard InChI is InChI=1S/C15H19NO5S/c1-2-15(17)16(12-5-8-22(18,19)10-12)11-3-4-13-14(9-11)21-7-6-20-13/h3-4,9,12H,2,5-8,10H2,1H3. The van der Waals surface area contributed by atoms with Crippen molar-refractivity contribution in [2.45, 2.75) is 25.8 Å². The van der Waals surface area contributed by atoms with Gasteiger partial charge in [-0.05, 0) is 18.6 Å². The van der Waals surface area contributed by atoms with Crippen LogP contribution in [0.2, 0.25) is 0 Å². The molecule has 1 unspecified atom stereocenters. The van der Waals surface area contributed by atoms with Crippen molar-refractivity contribution in [2.24, 2.45) is 0 Å². The van der Waals surface area contributed by atoms with Crippen LogP contribution in [0.3, 0.4) is 0 Å². The van der Waals surface area contributed by atoms with Crippen LogP contribution in [0.25, 0.3) is 0 Å². The van der Waals surface area contributed by atoms with Crippen molar-refractivity contribution in [3.63, 3.8) is 0 Å². The molecule has 1 fully saturated rings. The van der Waals surface area contributed by atoms with Gasteiger partial charge in [-0.1, -0.05) is 6.92 Å². The molecule has 120 valence electrons. The first kappa shape index (κ1) is 15.1. The van der Waals surface area contributed by atoms with E-state index in [-0.39, 0.29) is 23.5 Å². The van der Waals surface area contributed by atoms with Crippen molar-refractivity contribution in [3.8, 4) is 11.5 Å². The molecule has 1 saturated heterocycles. The second-order valence-corrected chi connectivity index (χ2v) is 7.73. The number of ether oxygens (including phenoxy) is 2. The van der Waals surface area contributed by atoms with Gasteiger partial charge < -0.3 is 14.4 Å². The minimum Gasteiger partial charge on any atom is -0.486 e. The number of amides is 1. The lowest BCUT2D eigenvalue weighted by Crippen LogP contribution is -2.41. The number of carbonyl (C=O) groups is 1. The molecule has 1 aromatic carbocycles. The molecule has 0 N–H and O–H groups in total. The molecule has 22 heavy (non-hydrogen) atoms. The summed E-state index contributed by atoms with van der Waals surface area (Å²) in [6.45, 7) is 2.75. The van der Waals surface area contributed by atoms with Gasteiger partial charge in [0.15, 0.2) is 21.3 Å². The first-order valence-corrected chi connectivity index (χ1v) is 9.24. The largest absolute Gasteiger partial charge is 0.486 e. The molecule has 6 nitrogen and oxygen atoms in total. The van der Waals surface area contributed by atoms with Crippen LogP contribution in [0.1, 0.15) is 19.8 Å². The van der Waals surface area contributed by atoms with Crippen LogP contribution in [-0.2, 0) is 14.6 Å². The Balaban J connectivity index is 1.94. The van der Waals surface area contributed by atoms with Crippen LogP contribution < -0.4 is 14.4 Å². The summed E-state index contributed by atoms with van der Waals surface area (Å²) in [5.74, 6) is 1.32. The van der Waals surface area contributed by atoms with Gasteiger partial charge in [0.05, 0.1) is 17.5 Å². The van der Waals surface area contributed by atoms with Crippen molar-refractivity contribution < 1.29 is 22.7 Å². The third-order valence-electron chi connectivity index (χ3n) is 3.95. The zero-order valence-corrected chi connectivity index (χ0v) is 13.3. The normalized spacial score (nSPS) is 22.3. The lowest BCUT2D eigenvalue weighted by molar-refractivity contribution is -0.118. The zero-order valence-electron chi connectivity index (χ0n) is 12.4. The molecule has 2 aliphatic rings. The Bertz CT molecular complexity index is 685. The minimum absolute atomic E-state index is 0.0210. The van der Waals surface area contributed by atoms with E-state index in [2.05, 4.69) is 0 Å². The highest BCUT2D eigenvalue weighted by Gasteiger charge is 2.35. The topological polar surface area (TPSA) is 72.9 Å². The van der Waals surface area contributed by atoms with E-state index in [9.17, 15) is 13.2 Å². The van der Waals surface area contributed by atoms with Crippen LogP contribution in [0.5, 0.6) is 11.5 Å². The highest BCUT2D eigenvalue weighted by molar-refractivity contribution is 7.91. The molecule has 0 radical (unpaired) electrons. The first-order chi connectivity index (χ1) is 10.5. The van der Waals surface area contributed by atoms with Gasteiger partial charge in [0.1, 0.15) is 13.2 Å². The number of nitrogens with zero attached hydrogens (tertiary/aromatic N) is 1. The van der Waals surface area contributed by atoms with Crippen LogP contribution in [0, 0.1) is 0 Å². The predicted octanol–water partition coefficient (Wildman–Crippen LogP) is 1.39. The number of carbonyl (C=O) groups excluding carboxylic acids is 1. The van der Waals surface area contributed by atoms with E-state index in [1.54, 1.807) is 30.0 Å². The van der Waals surface area contributed by atoms with Gasteiger partial charge in [0.2, 0.25) is 5.91 Å². The quantitative estimate of drug-likeness (QED) is 0.839. The second kappa shape index (κ2) is 5.79. The number of fused-ring (bicyclic) bond motifs is 1. The second-order valence-electron chi connectivity index (χ2n) is 5.50. The molecule has 0 aromatic heterocycles. The number of sulfone groups is 1. The van der Waals surface area contributed by atoms with Crippen LogP contribution in [0.15, 0.2) is 18.2 Å². The summed E-state index contributed by atoms with van der Waals surface area (Å²) in [4.78, 5) is 13.9. The predicted molar refractivity (Wildman–Crippen MR) is 82.3 cm³/mol. The average molecular weight is 325 g/mol. The molecule has 0 bridgehead atoms.